The maximum atomic E-state index is 16.7. The van der Waals surface area contributed by atoms with Crippen LogP contribution in [0.25, 0.3) is 33.1 Å². The average Bonchev–Trinajstić information content (AvgIpc) is 3.40. The van der Waals surface area contributed by atoms with Gasteiger partial charge in [-0.15, -0.1) is 0 Å². The van der Waals surface area contributed by atoms with Crippen molar-refractivity contribution < 1.29 is 9.18 Å². The van der Waals surface area contributed by atoms with Gasteiger partial charge in [-0.1, -0.05) is 48.0 Å². The van der Waals surface area contributed by atoms with E-state index in [2.05, 4.69) is 27.0 Å². The fraction of sp³-hybridized carbons (Fsp3) is 0.375. The number of carbonyl (C=O) groups is 1. The Labute approximate surface area is 259 Å². The molecule has 222 valence electrons. The quantitative estimate of drug-likeness (QED) is 0.233. The number of likely N-dealkylation sites (N-methyl/N-ethyl adjacent to an activating group) is 1. The number of anilines is 1. The van der Waals surface area contributed by atoms with Gasteiger partial charge in [-0.05, 0) is 51.6 Å². The van der Waals surface area contributed by atoms with E-state index in [9.17, 15) is 10.1 Å². The van der Waals surface area contributed by atoms with Gasteiger partial charge < -0.3 is 19.3 Å². The van der Waals surface area contributed by atoms with E-state index in [1.54, 1.807) is 23.4 Å². The fourth-order valence-corrected chi connectivity index (χ4v) is 6.89. The minimum Gasteiger partial charge on any atom is -0.351 e. The highest BCUT2D eigenvalue weighted by molar-refractivity contribution is 6.37. The first-order valence-corrected chi connectivity index (χ1v) is 15.0. The van der Waals surface area contributed by atoms with Crippen LogP contribution in [0.3, 0.4) is 0 Å². The van der Waals surface area contributed by atoms with Crippen LogP contribution in [0.5, 0.6) is 0 Å². The van der Waals surface area contributed by atoms with Crippen molar-refractivity contribution in [1.82, 2.24) is 24.3 Å². The summed E-state index contributed by atoms with van der Waals surface area (Å²) in [4.78, 5) is 28.3. The number of piperidine rings is 1. The molecule has 2 aromatic carbocycles. The second-order valence-electron chi connectivity index (χ2n) is 11.6. The number of hydrogen-bond donors (Lipinski definition) is 0. The Morgan fingerprint density at radius 3 is 2.74 bits per heavy atom. The number of halogens is 3. The number of benzene rings is 2. The predicted octanol–water partition coefficient (Wildman–Crippen LogP) is 6.39. The Balaban J connectivity index is 1.55. The van der Waals surface area contributed by atoms with E-state index in [1.165, 1.54) is 6.08 Å². The molecule has 0 radical (unpaired) electrons. The second kappa shape index (κ2) is 11.4. The lowest BCUT2D eigenvalue weighted by atomic mass is 9.94. The lowest BCUT2D eigenvalue weighted by molar-refractivity contribution is -0.130. The number of rotatable bonds is 6. The van der Waals surface area contributed by atoms with E-state index in [0.717, 1.165) is 24.2 Å². The Bertz CT molecular complexity index is 1810. The zero-order valence-corrected chi connectivity index (χ0v) is 25.8. The monoisotopic (exact) mass is 619 g/mol. The molecular weight excluding hydrogens is 588 g/mol. The van der Waals surface area contributed by atoms with E-state index in [1.807, 2.05) is 33.2 Å². The number of hydrogen-bond acceptors (Lipinski definition) is 6. The zero-order chi connectivity index (χ0) is 30.6. The molecule has 2 fully saturated rings. The van der Waals surface area contributed by atoms with Crippen LogP contribution in [-0.4, -0.2) is 76.1 Å². The summed E-state index contributed by atoms with van der Waals surface area (Å²) >= 11 is 13.5. The summed E-state index contributed by atoms with van der Waals surface area (Å²) in [5.41, 5.74) is 3.15. The van der Waals surface area contributed by atoms with Gasteiger partial charge in [0, 0.05) is 54.3 Å². The fourth-order valence-electron chi connectivity index (χ4n) is 6.38. The normalized spacial score (nSPS) is 19.2. The van der Waals surface area contributed by atoms with Gasteiger partial charge in [0.25, 0.3) is 0 Å². The molecule has 2 aromatic heterocycles. The predicted molar refractivity (Wildman–Crippen MR) is 169 cm³/mol. The largest absolute Gasteiger partial charge is 0.351 e. The molecule has 2 unspecified atom stereocenters. The van der Waals surface area contributed by atoms with Gasteiger partial charge in [-0.3, -0.25) is 4.79 Å². The van der Waals surface area contributed by atoms with Crippen LogP contribution in [0.1, 0.15) is 30.9 Å². The Morgan fingerprint density at radius 2 is 2.05 bits per heavy atom. The van der Waals surface area contributed by atoms with Gasteiger partial charge in [-0.25, -0.2) is 14.4 Å². The highest BCUT2D eigenvalue weighted by Gasteiger charge is 2.35. The number of amides is 1. The maximum Gasteiger partial charge on any atom is 0.246 e. The summed E-state index contributed by atoms with van der Waals surface area (Å²) < 4.78 is 18.8. The molecule has 0 spiro atoms. The van der Waals surface area contributed by atoms with Crippen LogP contribution >= 0.6 is 23.2 Å². The Kier molecular flexibility index (Phi) is 7.80. The first-order valence-electron chi connectivity index (χ1n) is 14.3. The highest BCUT2D eigenvalue weighted by Crippen LogP contribution is 2.44. The molecule has 2 saturated heterocycles. The number of aryl methyl sites for hydroxylation is 1. The molecule has 0 bridgehead atoms. The van der Waals surface area contributed by atoms with Gasteiger partial charge in [0.2, 0.25) is 5.91 Å². The number of aromatic nitrogens is 3. The number of pyridine rings is 1. The molecule has 6 rings (SSSR count). The number of carbonyl (C=O) groups excluding carboxylic acids is 1. The van der Waals surface area contributed by atoms with E-state index in [-0.39, 0.29) is 40.5 Å². The number of likely N-dealkylation sites (tertiary alicyclic amines) is 1. The molecule has 2 atom stereocenters. The van der Waals surface area contributed by atoms with Crippen molar-refractivity contribution in [3.63, 3.8) is 0 Å². The Hall–Kier alpha value is -3.71. The third-order valence-electron chi connectivity index (χ3n) is 8.89. The Morgan fingerprint density at radius 1 is 1.28 bits per heavy atom. The van der Waals surface area contributed by atoms with Crippen molar-refractivity contribution in [2.24, 2.45) is 0 Å². The molecule has 0 N–H and O–H groups in total. The summed E-state index contributed by atoms with van der Waals surface area (Å²) in [6.45, 7) is 7.45. The van der Waals surface area contributed by atoms with Crippen molar-refractivity contribution in [2.75, 3.05) is 38.6 Å². The maximum absolute atomic E-state index is 16.7. The topological polar surface area (TPSA) is 81.3 Å². The number of imidazole rings is 1. The first-order chi connectivity index (χ1) is 20.6. The van der Waals surface area contributed by atoms with Crippen LogP contribution in [0.4, 0.5) is 10.2 Å². The van der Waals surface area contributed by atoms with Crippen LogP contribution < -0.4 is 4.90 Å². The van der Waals surface area contributed by atoms with Crippen molar-refractivity contribution in [3.8, 4) is 17.2 Å². The number of fused-ring (bicyclic) bond motifs is 3. The number of nitriles is 1. The zero-order valence-electron chi connectivity index (χ0n) is 24.3. The molecule has 11 heteroatoms. The molecule has 2 aliphatic heterocycles. The molecular formula is C32H32Cl2FN7O. The summed E-state index contributed by atoms with van der Waals surface area (Å²) in [7, 11) is 4.08. The third-order valence-corrected chi connectivity index (χ3v) is 9.69. The summed E-state index contributed by atoms with van der Waals surface area (Å²) in [5.74, 6) is -0.102. The molecule has 2 aliphatic rings. The first kappa shape index (κ1) is 29.4. The van der Waals surface area contributed by atoms with E-state index < -0.39 is 5.82 Å². The second-order valence-corrected chi connectivity index (χ2v) is 12.4. The lowest BCUT2D eigenvalue weighted by Crippen LogP contribution is -2.57. The molecule has 1 amide bonds. The van der Waals surface area contributed by atoms with Gasteiger partial charge in [0.05, 0.1) is 34.4 Å². The standard InChI is InChI=1S/C32H32Cl2FN7O/c1-5-25(43)41-12-10-20(13-19(41)9-11-36)42-17-37-30-31(42)23-14-24(33)26(22-8-6-7-18(2)27(22)34)28(35)29(23)38-32(30)40-15-21(16-40)39(3)4/h5-8,14,17,19-21H,1,9-10,12-13,15-16H2,2-4H3. The van der Waals surface area contributed by atoms with Crippen molar-refractivity contribution in [3.05, 3.63) is 64.7 Å². The highest BCUT2D eigenvalue weighted by atomic mass is 35.5. The van der Waals surface area contributed by atoms with Crippen molar-refractivity contribution in [1.29, 1.82) is 5.26 Å². The van der Waals surface area contributed by atoms with Gasteiger partial charge in [0.1, 0.15) is 11.0 Å². The molecule has 0 saturated carbocycles. The van der Waals surface area contributed by atoms with E-state index in [4.69, 9.17) is 33.2 Å². The van der Waals surface area contributed by atoms with Crippen molar-refractivity contribution >= 4 is 56.9 Å². The summed E-state index contributed by atoms with van der Waals surface area (Å²) in [6, 6.07) is 9.45. The molecule has 8 nitrogen and oxygen atoms in total. The minimum atomic E-state index is -0.538. The van der Waals surface area contributed by atoms with Crippen LogP contribution in [0, 0.1) is 24.1 Å². The average molecular weight is 621 g/mol. The van der Waals surface area contributed by atoms with Crippen molar-refractivity contribution in [2.45, 2.75) is 44.3 Å². The molecule has 4 aromatic rings. The third kappa shape index (κ3) is 4.92. The van der Waals surface area contributed by atoms with Gasteiger partial charge >= 0.3 is 0 Å². The van der Waals surface area contributed by atoms with Crippen LogP contribution in [0.15, 0.2) is 43.2 Å². The number of nitrogens with zero attached hydrogens (tertiary/aromatic N) is 7. The smallest absolute Gasteiger partial charge is 0.246 e. The van der Waals surface area contributed by atoms with Crippen LogP contribution in [-0.2, 0) is 4.79 Å². The molecule has 43 heavy (non-hydrogen) atoms. The molecule has 4 heterocycles. The van der Waals surface area contributed by atoms with Gasteiger partial charge in [0.15, 0.2) is 11.6 Å². The molecule has 0 aliphatic carbocycles. The lowest BCUT2D eigenvalue weighted by Gasteiger charge is -2.43. The van der Waals surface area contributed by atoms with E-state index in [0.29, 0.717) is 52.7 Å². The summed E-state index contributed by atoms with van der Waals surface area (Å²) in [6.07, 6.45) is 4.47. The van der Waals surface area contributed by atoms with Gasteiger partial charge in [-0.2, -0.15) is 5.26 Å². The van der Waals surface area contributed by atoms with Crippen LogP contribution in [0.2, 0.25) is 10.0 Å². The summed E-state index contributed by atoms with van der Waals surface area (Å²) in [5, 5.41) is 10.7. The van der Waals surface area contributed by atoms with E-state index >= 15 is 4.39 Å². The minimum absolute atomic E-state index is 0.0747. The SMILES string of the molecule is C=CC(=O)N1CCC(n2cnc3c(N4CC(N(C)C)C4)nc4c(F)c(-c5cccc(C)c5Cl)c(Cl)cc4c32)CC1CC#N.